The summed E-state index contributed by atoms with van der Waals surface area (Å²) in [7, 11) is 1.95. The molecule has 0 radical (unpaired) electrons. The standard InChI is InChI=1S/C21H25NO4S.C8H11N/c1-2-25-19(21(23)24)15-16-7-9-17(10-8-16)26-13-11-22-12-14-27-20-6-4-3-5-18(20)22;1-9-7-8-5-3-2-4-6-8/h3-10,19H,2,11-15H2,1H3,(H,23,24);2-6,9H,7H2,1H3. The van der Waals surface area contributed by atoms with Crippen molar-refractivity contribution in [2.45, 2.75) is 30.9 Å². The van der Waals surface area contributed by atoms with Crippen LogP contribution in [0.25, 0.3) is 0 Å². The zero-order valence-electron chi connectivity index (χ0n) is 21.1. The highest BCUT2D eigenvalue weighted by atomic mass is 32.2. The summed E-state index contributed by atoms with van der Waals surface area (Å²) in [6, 6.07) is 26.4. The van der Waals surface area contributed by atoms with Crippen LogP contribution in [0.5, 0.6) is 5.75 Å². The number of ether oxygens (including phenoxy) is 2. The number of aliphatic carboxylic acids is 1. The Balaban J connectivity index is 0.000000338. The fourth-order valence-electron chi connectivity index (χ4n) is 3.89. The second-order valence-electron chi connectivity index (χ2n) is 8.30. The average molecular weight is 509 g/mol. The summed E-state index contributed by atoms with van der Waals surface area (Å²) >= 11 is 1.90. The van der Waals surface area contributed by atoms with Gasteiger partial charge in [-0.15, -0.1) is 11.8 Å². The van der Waals surface area contributed by atoms with Crippen LogP contribution in [0.4, 0.5) is 5.69 Å². The summed E-state index contributed by atoms with van der Waals surface area (Å²) in [5.74, 6) is 0.954. The molecule has 36 heavy (non-hydrogen) atoms. The van der Waals surface area contributed by atoms with Crippen LogP contribution in [0.2, 0.25) is 0 Å². The van der Waals surface area contributed by atoms with Crippen LogP contribution < -0.4 is 15.0 Å². The second-order valence-corrected chi connectivity index (χ2v) is 9.43. The monoisotopic (exact) mass is 508 g/mol. The molecule has 7 heteroatoms. The highest BCUT2D eigenvalue weighted by Crippen LogP contribution is 2.34. The molecular formula is C29H36N2O4S. The molecule has 1 aliphatic rings. The number of carbonyl (C=O) groups is 1. The fraction of sp³-hybridized carbons (Fsp3) is 0.345. The average Bonchev–Trinajstić information content (AvgIpc) is 2.91. The molecule has 0 fully saturated rings. The Morgan fingerprint density at radius 1 is 1.03 bits per heavy atom. The molecule has 0 bridgehead atoms. The SMILES string of the molecule is CCOC(Cc1ccc(OCCN2CCSc3ccccc32)cc1)C(=O)O.CNCc1ccccc1. The van der Waals surface area contributed by atoms with Gasteiger partial charge in [0.2, 0.25) is 0 Å². The van der Waals surface area contributed by atoms with Gasteiger partial charge in [-0.3, -0.25) is 0 Å². The van der Waals surface area contributed by atoms with Gasteiger partial charge in [-0.1, -0.05) is 54.6 Å². The summed E-state index contributed by atoms with van der Waals surface area (Å²) in [5, 5.41) is 12.3. The van der Waals surface area contributed by atoms with E-state index in [2.05, 4.69) is 46.6 Å². The number of hydrogen-bond acceptors (Lipinski definition) is 6. The van der Waals surface area contributed by atoms with Crippen molar-refractivity contribution in [3.63, 3.8) is 0 Å². The quantitative estimate of drug-likeness (QED) is 0.373. The van der Waals surface area contributed by atoms with Crippen LogP contribution in [0.15, 0.2) is 83.8 Å². The van der Waals surface area contributed by atoms with Crippen LogP contribution in [0.3, 0.4) is 0 Å². The van der Waals surface area contributed by atoms with E-state index in [-0.39, 0.29) is 0 Å². The third-order valence-corrected chi connectivity index (χ3v) is 6.71. The largest absolute Gasteiger partial charge is 0.492 e. The lowest BCUT2D eigenvalue weighted by atomic mass is 10.1. The third kappa shape index (κ3) is 8.90. The van der Waals surface area contributed by atoms with E-state index in [1.165, 1.54) is 16.1 Å². The third-order valence-electron chi connectivity index (χ3n) is 5.67. The Hall–Kier alpha value is -3.00. The maximum Gasteiger partial charge on any atom is 0.333 e. The normalized spacial score (nSPS) is 13.2. The van der Waals surface area contributed by atoms with Gasteiger partial charge < -0.3 is 24.8 Å². The van der Waals surface area contributed by atoms with Gasteiger partial charge in [0.15, 0.2) is 6.10 Å². The molecule has 0 aromatic heterocycles. The number of carboxylic acid groups (broad SMARTS) is 1. The lowest BCUT2D eigenvalue weighted by Gasteiger charge is -2.30. The smallest absolute Gasteiger partial charge is 0.333 e. The van der Waals surface area contributed by atoms with Crippen molar-refractivity contribution in [2.75, 3.05) is 44.0 Å². The van der Waals surface area contributed by atoms with Gasteiger partial charge in [-0.2, -0.15) is 0 Å². The number of para-hydroxylation sites is 1. The predicted octanol–water partition coefficient (Wildman–Crippen LogP) is 5.12. The number of thioether (sulfide) groups is 1. The highest BCUT2D eigenvalue weighted by Gasteiger charge is 2.18. The van der Waals surface area contributed by atoms with Crippen LogP contribution in [0, 0.1) is 0 Å². The summed E-state index contributed by atoms with van der Waals surface area (Å²) in [6.45, 7) is 5.61. The van der Waals surface area contributed by atoms with Crippen LogP contribution in [-0.2, 0) is 22.5 Å². The van der Waals surface area contributed by atoms with Crippen molar-refractivity contribution in [3.05, 3.63) is 90.0 Å². The summed E-state index contributed by atoms with van der Waals surface area (Å²) in [4.78, 5) is 14.9. The number of carboxylic acids is 1. The first-order valence-electron chi connectivity index (χ1n) is 12.3. The Morgan fingerprint density at radius 3 is 2.44 bits per heavy atom. The van der Waals surface area contributed by atoms with E-state index in [0.29, 0.717) is 19.6 Å². The minimum atomic E-state index is -0.933. The molecule has 2 N–H and O–H groups in total. The number of fused-ring (bicyclic) bond motifs is 1. The highest BCUT2D eigenvalue weighted by molar-refractivity contribution is 7.99. The number of anilines is 1. The van der Waals surface area contributed by atoms with Crippen molar-refractivity contribution in [3.8, 4) is 5.75 Å². The molecule has 1 unspecified atom stereocenters. The molecule has 0 aliphatic carbocycles. The minimum absolute atomic E-state index is 0.353. The Bertz CT molecular complexity index is 1050. The summed E-state index contributed by atoms with van der Waals surface area (Å²) in [5.41, 5.74) is 3.54. The van der Waals surface area contributed by atoms with E-state index in [0.717, 1.165) is 36.7 Å². The Kier molecular flexibility index (Phi) is 11.6. The van der Waals surface area contributed by atoms with Gasteiger partial charge in [0.05, 0.1) is 12.2 Å². The molecule has 1 heterocycles. The number of hydrogen-bond donors (Lipinski definition) is 2. The predicted molar refractivity (Wildman–Crippen MR) is 147 cm³/mol. The number of rotatable bonds is 11. The van der Waals surface area contributed by atoms with Gasteiger partial charge >= 0.3 is 5.97 Å². The van der Waals surface area contributed by atoms with Crippen molar-refractivity contribution in [1.82, 2.24) is 5.32 Å². The lowest BCUT2D eigenvalue weighted by molar-refractivity contribution is -0.149. The maximum atomic E-state index is 11.2. The van der Waals surface area contributed by atoms with E-state index in [4.69, 9.17) is 9.47 Å². The van der Waals surface area contributed by atoms with Crippen molar-refractivity contribution in [1.29, 1.82) is 0 Å². The van der Waals surface area contributed by atoms with Gasteiger partial charge in [-0.25, -0.2) is 4.79 Å². The maximum absolute atomic E-state index is 11.2. The summed E-state index contributed by atoms with van der Waals surface area (Å²) < 4.78 is 11.1. The molecule has 1 aliphatic heterocycles. The Labute approximate surface area is 218 Å². The number of benzene rings is 3. The Morgan fingerprint density at radius 2 is 1.75 bits per heavy atom. The minimum Gasteiger partial charge on any atom is -0.492 e. The van der Waals surface area contributed by atoms with Crippen molar-refractivity contribution in [2.24, 2.45) is 0 Å². The molecular weight excluding hydrogens is 472 g/mol. The van der Waals surface area contributed by atoms with E-state index in [9.17, 15) is 9.90 Å². The van der Waals surface area contributed by atoms with Crippen LogP contribution in [-0.4, -0.2) is 56.3 Å². The zero-order valence-corrected chi connectivity index (χ0v) is 21.9. The molecule has 0 amide bonds. The molecule has 6 nitrogen and oxygen atoms in total. The molecule has 0 saturated heterocycles. The van der Waals surface area contributed by atoms with E-state index in [1.54, 1.807) is 6.92 Å². The topological polar surface area (TPSA) is 71.0 Å². The van der Waals surface area contributed by atoms with Crippen LogP contribution >= 0.6 is 11.8 Å². The first-order chi connectivity index (χ1) is 17.6. The number of nitrogens with one attached hydrogen (secondary N) is 1. The number of nitrogens with zero attached hydrogens (tertiary/aromatic N) is 1. The van der Waals surface area contributed by atoms with Gasteiger partial charge in [-0.05, 0) is 49.4 Å². The molecule has 0 spiro atoms. The van der Waals surface area contributed by atoms with Gasteiger partial charge in [0, 0.05) is 36.8 Å². The van der Waals surface area contributed by atoms with Gasteiger partial charge in [0.25, 0.3) is 0 Å². The second kappa shape index (κ2) is 15.2. The van der Waals surface area contributed by atoms with E-state index < -0.39 is 12.1 Å². The van der Waals surface area contributed by atoms with Crippen molar-refractivity contribution < 1.29 is 19.4 Å². The molecule has 0 saturated carbocycles. The van der Waals surface area contributed by atoms with E-state index >= 15 is 0 Å². The van der Waals surface area contributed by atoms with E-state index in [1.807, 2.05) is 61.3 Å². The van der Waals surface area contributed by atoms with Crippen LogP contribution in [0.1, 0.15) is 18.1 Å². The molecule has 3 aromatic carbocycles. The van der Waals surface area contributed by atoms with Gasteiger partial charge in [0.1, 0.15) is 12.4 Å². The van der Waals surface area contributed by atoms with Crippen molar-refractivity contribution >= 4 is 23.4 Å². The molecule has 1 atom stereocenters. The summed E-state index contributed by atoms with van der Waals surface area (Å²) in [6.07, 6.45) is -0.454. The zero-order chi connectivity index (χ0) is 25.6. The molecule has 3 aromatic rings. The fourth-order valence-corrected chi connectivity index (χ4v) is 4.94. The lowest BCUT2D eigenvalue weighted by Crippen LogP contribution is -2.33. The first kappa shape index (κ1) is 27.6. The molecule has 4 rings (SSSR count). The molecule has 192 valence electrons. The first-order valence-corrected chi connectivity index (χ1v) is 13.3.